The highest BCUT2D eigenvalue weighted by Gasteiger charge is 2.50. The lowest BCUT2D eigenvalue weighted by atomic mass is 9.85. The van der Waals surface area contributed by atoms with E-state index in [1.54, 1.807) is 11.4 Å². The highest BCUT2D eigenvalue weighted by Crippen LogP contribution is 2.41. The van der Waals surface area contributed by atoms with E-state index in [2.05, 4.69) is 4.98 Å². The molecule has 12 heteroatoms. The average molecular weight is 606 g/mol. The molecule has 2 fully saturated rings. The maximum atomic E-state index is 14.3. The number of carbonyl (C=O) groups is 2. The van der Waals surface area contributed by atoms with Crippen molar-refractivity contribution in [3.63, 3.8) is 0 Å². The minimum atomic E-state index is -4.66. The second kappa shape index (κ2) is 12.3. The van der Waals surface area contributed by atoms with Crippen molar-refractivity contribution in [3.05, 3.63) is 64.3 Å². The molecule has 1 amide bonds. The number of halogens is 4. The number of aliphatic carboxylic acids is 1. The number of anilines is 1. The van der Waals surface area contributed by atoms with E-state index < -0.39 is 36.3 Å². The number of amides is 1. The van der Waals surface area contributed by atoms with Gasteiger partial charge in [0.2, 0.25) is 0 Å². The summed E-state index contributed by atoms with van der Waals surface area (Å²) in [5, 5.41) is 11.2. The lowest BCUT2D eigenvalue weighted by molar-refractivity contribution is -0.197. The van der Waals surface area contributed by atoms with Crippen molar-refractivity contribution in [2.24, 2.45) is 11.8 Å². The van der Waals surface area contributed by atoms with Crippen molar-refractivity contribution in [1.29, 1.82) is 0 Å². The highest BCUT2D eigenvalue weighted by molar-refractivity contribution is 7.14. The number of likely N-dealkylation sites (tertiary alicyclic amines) is 1. The molecule has 224 valence electrons. The van der Waals surface area contributed by atoms with E-state index in [4.69, 9.17) is 4.74 Å². The van der Waals surface area contributed by atoms with Crippen LogP contribution in [-0.4, -0.2) is 59.2 Å². The van der Waals surface area contributed by atoms with E-state index in [1.807, 2.05) is 24.0 Å². The number of alkyl halides is 3. The van der Waals surface area contributed by atoms with Crippen LogP contribution in [-0.2, 0) is 11.4 Å². The Morgan fingerprint density at radius 1 is 1.10 bits per heavy atom. The predicted molar refractivity (Wildman–Crippen MR) is 150 cm³/mol. The van der Waals surface area contributed by atoms with Crippen molar-refractivity contribution in [2.75, 3.05) is 31.1 Å². The van der Waals surface area contributed by atoms with Crippen molar-refractivity contribution < 1.29 is 37.0 Å². The van der Waals surface area contributed by atoms with Crippen LogP contribution < -0.4 is 9.64 Å². The van der Waals surface area contributed by atoms with Gasteiger partial charge in [-0.05, 0) is 74.1 Å². The SMILES string of the molecule is Cc1cc(C(=O)N2CCCCC2)ccc1COc1ccc(F)cc1-c1csc(N2CCC(C(=O)O)C(C(F)(F)F)C2)n1. The molecule has 2 aromatic carbocycles. The van der Waals surface area contributed by atoms with Gasteiger partial charge in [-0.3, -0.25) is 9.59 Å². The topological polar surface area (TPSA) is 83.0 Å². The molecule has 3 aromatic rings. The summed E-state index contributed by atoms with van der Waals surface area (Å²) in [6, 6.07) is 9.46. The van der Waals surface area contributed by atoms with Crippen molar-refractivity contribution in [3.8, 4) is 17.0 Å². The maximum Gasteiger partial charge on any atom is 0.394 e. The van der Waals surface area contributed by atoms with E-state index in [0.29, 0.717) is 27.7 Å². The third kappa shape index (κ3) is 6.53. The molecule has 7 nitrogen and oxygen atoms in total. The number of rotatable bonds is 7. The summed E-state index contributed by atoms with van der Waals surface area (Å²) in [5.41, 5.74) is 3.03. The fraction of sp³-hybridized carbons (Fsp3) is 0.433. The molecule has 0 bridgehead atoms. The van der Waals surface area contributed by atoms with Crippen LogP contribution in [0.3, 0.4) is 0 Å². The van der Waals surface area contributed by atoms with Gasteiger partial charge in [0.1, 0.15) is 18.2 Å². The molecule has 2 saturated heterocycles. The van der Waals surface area contributed by atoms with Gasteiger partial charge in [-0.2, -0.15) is 13.2 Å². The number of piperidine rings is 2. The molecule has 0 radical (unpaired) electrons. The molecule has 1 N–H and O–H groups in total. The molecule has 3 heterocycles. The summed E-state index contributed by atoms with van der Waals surface area (Å²) in [6.07, 6.45) is -1.67. The molecular formula is C30H31F4N3O4S. The van der Waals surface area contributed by atoms with E-state index in [9.17, 15) is 32.3 Å². The van der Waals surface area contributed by atoms with Crippen LogP contribution in [0.15, 0.2) is 41.8 Å². The van der Waals surface area contributed by atoms with Crippen molar-refractivity contribution >= 4 is 28.3 Å². The van der Waals surface area contributed by atoms with Gasteiger partial charge in [-0.1, -0.05) is 6.07 Å². The van der Waals surface area contributed by atoms with Crippen LogP contribution in [0.4, 0.5) is 22.7 Å². The van der Waals surface area contributed by atoms with Crippen molar-refractivity contribution in [2.45, 2.75) is 45.4 Å². The Labute approximate surface area is 244 Å². The third-order valence-corrected chi connectivity index (χ3v) is 8.85. The van der Waals surface area contributed by atoms with Gasteiger partial charge < -0.3 is 19.6 Å². The number of hydrogen-bond donors (Lipinski definition) is 1. The number of nitrogens with zero attached hydrogens (tertiary/aromatic N) is 3. The Morgan fingerprint density at radius 2 is 1.86 bits per heavy atom. The molecule has 2 unspecified atom stereocenters. The number of aryl methyl sites for hydroxylation is 1. The molecule has 2 aliphatic rings. The molecule has 42 heavy (non-hydrogen) atoms. The van der Waals surface area contributed by atoms with Gasteiger partial charge in [0, 0.05) is 42.7 Å². The zero-order valence-corrected chi connectivity index (χ0v) is 23.8. The third-order valence-electron chi connectivity index (χ3n) is 7.95. The first kappa shape index (κ1) is 29.8. The number of aromatic nitrogens is 1. The monoisotopic (exact) mass is 605 g/mol. The van der Waals surface area contributed by atoms with Crippen LogP contribution in [0.5, 0.6) is 5.75 Å². The van der Waals surface area contributed by atoms with Crippen molar-refractivity contribution in [1.82, 2.24) is 9.88 Å². The van der Waals surface area contributed by atoms with Crippen LogP contribution in [0.25, 0.3) is 11.3 Å². The summed E-state index contributed by atoms with van der Waals surface area (Å²) in [7, 11) is 0. The fourth-order valence-electron chi connectivity index (χ4n) is 5.54. The van der Waals surface area contributed by atoms with E-state index in [-0.39, 0.29) is 25.5 Å². The summed E-state index contributed by atoms with van der Waals surface area (Å²) >= 11 is 1.11. The van der Waals surface area contributed by atoms with Gasteiger partial charge in [-0.25, -0.2) is 9.37 Å². The minimum absolute atomic E-state index is 0.0131. The quantitative estimate of drug-likeness (QED) is 0.308. The summed E-state index contributed by atoms with van der Waals surface area (Å²) in [4.78, 5) is 32.1. The maximum absolute atomic E-state index is 14.3. The number of hydrogen-bond acceptors (Lipinski definition) is 6. The number of carboxylic acid groups (broad SMARTS) is 1. The normalized spacial score (nSPS) is 19.5. The van der Waals surface area contributed by atoms with Crippen LogP contribution >= 0.6 is 11.3 Å². The summed E-state index contributed by atoms with van der Waals surface area (Å²) < 4.78 is 61.2. The van der Waals surface area contributed by atoms with E-state index in [0.717, 1.165) is 54.8 Å². The second-order valence-corrected chi connectivity index (χ2v) is 11.6. The first-order valence-corrected chi connectivity index (χ1v) is 14.7. The Hall–Kier alpha value is -3.67. The Kier molecular flexibility index (Phi) is 8.72. The lowest BCUT2D eigenvalue weighted by Crippen LogP contribution is -2.49. The molecule has 5 rings (SSSR count). The lowest BCUT2D eigenvalue weighted by Gasteiger charge is -2.37. The summed E-state index contributed by atoms with van der Waals surface area (Å²) in [5.74, 6) is -5.16. The predicted octanol–water partition coefficient (Wildman–Crippen LogP) is 6.55. The van der Waals surface area contributed by atoms with E-state index in [1.165, 1.54) is 23.1 Å². The smallest absolute Gasteiger partial charge is 0.394 e. The zero-order chi connectivity index (χ0) is 30.0. The Morgan fingerprint density at radius 3 is 2.55 bits per heavy atom. The number of benzene rings is 2. The Balaban J connectivity index is 1.31. The molecule has 0 saturated carbocycles. The van der Waals surface area contributed by atoms with Gasteiger partial charge in [-0.15, -0.1) is 11.3 Å². The minimum Gasteiger partial charge on any atom is -0.488 e. The Bertz CT molecular complexity index is 1450. The molecule has 2 aliphatic heterocycles. The molecule has 0 aliphatic carbocycles. The highest BCUT2D eigenvalue weighted by atomic mass is 32.1. The number of thiazole rings is 1. The number of ether oxygens (including phenoxy) is 1. The molecule has 1 aromatic heterocycles. The van der Waals surface area contributed by atoms with Gasteiger partial charge in [0.25, 0.3) is 5.91 Å². The first-order chi connectivity index (χ1) is 20.0. The van der Waals surface area contributed by atoms with Gasteiger partial charge in [0.15, 0.2) is 5.13 Å². The summed E-state index contributed by atoms with van der Waals surface area (Å²) in [6.45, 7) is 3.16. The zero-order valence-electron chi connectivity index (χ0n) is 23.0. The molecular weight excluding hydrogens is 574 g/mol. The fourth-order valence-corrected chi connectivity index (χ4v) is 6.40. The largest absolute Gasteiger partial charge is 0.488 e. The standard InChI is InChI=1S/C30H31F4N3O4S/c1-18-13-19(27(38)36-10-3-2-4-11-36)5-6-20(18)16-41-26-8-7-21(31)14-23(26)25-17-42-29(35-25)37-12-9-22(28(39)40)24(15-37)30(32,33)34/h5-8,13-14,17,22,24H,2-4,9-12,15-16H2,1H3,(H,39,40). The number of carboxylic acids is 1. The first-order valence-electron chi connectivity index (χ1n) is 13.8. The van der Waals surface area contributed by atoms with Crippen LogP contribution in [0.1, 0.15) is 47.2 Å². The second-order valence-electron chi connectivity index (χ2n) is 10.8. The number of carbonyl (C=O) groups excluding carboxylic acids is 1. The van der Waals surface area contributed by atoms with Crippen LogP contribution in [0, 0.1) is 24.6 Å². The average Bonchev–Trinajstić information content (AvgIpc) is 3.46. The van der Waals surface area contributed by atoms with E-state index >= 15 is 0 Å². The molecule has 2 atom stereocenters. The van der Waals surface area contributed by atoms with Gasteiger partial charge in [0.05, 0.1) is 17.5 Å². The van der Waals surface area contributed by atoms with Crippen LogP contribution in [0.2, 0.25) is 0 Å². The molecule has 0 spiro atoms. The van der Waals surface area contributed by atoms with Gasteiger partial charge >= 0.3 is 12.1 Å².